The highest BCUT2D eigenvalue weighted by Gasteiger charge is 2.20. The van der Waals surface area contributed by atoms with Crippen molar-refractivity contribution in [3.8, 4) is 11.5 Å². The minimum Gasteiger partial charge on any atom is -0.454 e. The summed E-state index contributed by atoms with van der Waals surface area (Å²) in [6, 6.07) is 10.4. The van der Waals surface area contributed by atoms with E-state index in [9.17, 15) is 4.39 Å². The molecule has 2 aromatic rings. The quantitative estimate of drug-likeness (QED) is 0.940. The van der Waals surface area contributed by atoms with Crippen LogP contribution >= 0.6 is 11.6 Å². The van der Waals surface area contributed by atoms with Crippen LogP contribution in [-0.4, -0.2) is 13.3 Å². The molecule has 110 valence electrons. The lowest BCUT2D eigenvalue weighted by molar-refractivity contribution is 0.174. The van der Waals surface area contributed by atoms with Crippen LogP contribution in [0.1, 0.15) is 17.0 Å². The summed E-state index contributed by atoms with van der Waals surface area (Å²) in [6.45, 7) is 0.549. The molecule has 5 heteroatoms. The predicted molar refractivity (Wildman–Crippen MR) is 79.5 cm³/mol. The van der Waals surface area contributed by atoms with E-state index >= 15 is 0 Å². The van der Waals surface area contributed by atoms with Crippen LogP contribution in [0.2, 0.25) is 5.02 Å². The third-order valence-electron chi connectivity index (χ3n) is 3.61. The highest BCUT2D eigenvalue weighted by Crippen LogP contribution is 2.35. The Balaban J connectivity index is 1.88. The Kier molecular flexibility index (Phi) is 3.99. The monoisotopic (exact) mass is 307 g/mol. The van der Waals surface area contributed by atoms with Crippen molar-refractivity contribution >= 4 is 11.6 Å². The lowest BCUT2D eigenvalue weighted by atomic mass is 9.91. The Labute approximate surface area is 127 Å². The van der Waals surface area contributed by atoms with Crippen molar-refractivity contribution in [2.24, 2.45) is 5.73 Å². The van der Waals surface area contributed by atoms with E-state index in [-0.39, 0.29) is 18.5 Å². The van der Waals surface area contributed by atoms with Crippen LogP contribution in [-0.2, 0) is 6.42 Å². The third kappa shape index (κ3) is 2.82. The maximum Gasteiger partial charge on any atom is 0.231 e. The summed E-state index contributed by atoms with van der Waals surface area (Å²) in [6.07, 6.45) is 0.591. The summed E-state index contributed by atoms with van der Waals surface area (Å²) in [5.74, 6) is 0.938. The second-order valence-corrected chi connectivity index (χ2v) is 5.37. The van der Waals surface area contributed by atoms with E-state index < -0.39 is 0 Å². The first kappa shape index (κ1) is 14.2. The number of ether oxygens (including phenoxy) is 2. The normalized spacial score (nSPS) is 14.2. The fraction of sp³-hybridized carbons (Fsp3) is 0.250. The summed E-state index contributed by atoms with van der Waals surface area (Å²) < 4.78 is 24.7. The van der Waals surface area contributed by atoms with Crippen molar-refractivity contribution in [2.75, 3.05) is 13.3 Å². The smallest absolute Gasteiger partial charge is 0.231 e. The molecular weight excluding hydrogens is 293 g/mol. The molecule has 0 amide bonds. The number of hydrogen-bond donors (Lipinski definition) is 1. The van der Waals surface area contributed by atoms with Gasteiger partial charge in [-0.05, 0) is 42.8 Å². The second-order valence-electron chi connectivity index (χ2n) is 4.96. The zero-order valence-electron chi connectivity index (χ0n) is 11.3. The van der Waals surface area contributed by atoms with E-state index in [4.69, 9.17) is 26.8 Å². The summed E-state index contributed by atoms with van der Waals surface area (Å²) in [4.78, 5) is 0. The second kappa shape index (κ2) is 5.92. The molecule has 2 aromatic carbocycles. The molecule has 3 rings (SSSR count). The van der Waals surface area contributed by atoms with Gasteiger partial charge in [-0.25, -0.2) is 4.39 Å². The molecule has 3 nitrogen and oxygen atoms in total. The molecule has 0 saturated carbocycles. The fourth-order valence-electron chi connectivity index (χ4n) is 2.56. The molecule has 2 N–H and O–H groups in total. The van der Waals surface area contributed by atoms with Crippen molar-refractivity contribution in [3.63, 3.8) is 0 Å². The van der Waals surface area contributed by atoms with E-state index in [0.717, 1.165) is 11.3 Å². The molecule has 0 aliphatic carbocycles. The van der Waals surface area contributed by atoms with E-state index in [2.05, 4.69) is 0 Å². The van der Waals surface area contributed by atoms with E-state index in [1.54, 1.807) is 12.1 Å². The highest BCUT2D eigenvalue weighted by molar-refractivity contribution is 6.31. The molecule has 1 atom stereocenters. The Morgan fingerprint density at radius 1 is 1.19 bits per heavy atom. The molecule has 0 saturated heterocycles. The lowest BCUT2D eigenvalue weighted by Gasteiger charge is -2.17. The van der Waals surface area contributed by atoms with E-state index in [0.29, 0.717) is 29.3 Å². The summed E-state index contributed by atoms with van der Waals surface area (Å²) in [7, 11) is 0. The van der Waals surface area contributed by atoms with Crippen LogP contribution in [0.15, 0.2) is 36.4 Å². The number of rotatable bonds is 4. The van der Waals surface area contributed by atoms with Crippen LogP contribution in [0.3, 0.4) is 0 Å². The zero-order valence-corrected chi connectivity index (χ0v) is 12.1. The summed E-state index contributed by atoms with van der Waals surface area (Å²) >= 11 is 6.12. The van der Waals surface area contributed by atoms with Gasteiger partial charge in [0, 0.05) is 16.5 Å². The molecule has 21 heavy (non-hydrogen) atoms. The molecule has 0 aromatic heterocycles. The zero-order chi connectivity index (χ0) is 14.8. The Morgan fingerprint density at radius 2 is 2.00 bits per heavy atom. The first-order chi connectivity index (χ1) is 10.2. The van der Waals surface area contributed by atoms with Crippen LogP contribution in [0.5, 0.6) is 11.5 Å². The van der Waals surface area contributed by atoms with Gasteiger partial charge in [0.05, 0.1) is 0 Å². The highest BCUT2D eigenvalue weighted by atomic mass is 35.5. The van der Waals surface area contributed by atoms with Gasteiger partial charge in [0.15, 0.2) is 11.5 Å². The molecular formula is C16H15ClFNO2. The number of fused-ring (bicyclic) bond motifs is 1. The van der Waals surface area contributed by atoms with Gasteiger partial charge < -0.3 is 15.2 Å². The van der Waals surface area contributed by atoms with Crippen LogP contribution in [0.25, 0.3) is 0 Å². The Hall–Kier alpha value is -1.78. The van der Waals surface area contributed by atoms with Gasteiger partial charge in [-0.15, -0.1) is 0 Å². The lowest BCUT2D eigenvalue weighted by Crippen LogP contribution is -2.17. The van der Waals surface area contributed by atoms with Gasteiger partial charge in [0.2, 0.25) is 6.79 Å². The number of benzene rings is 2. The molecule has 1 aliphatic heterocycles. The van der Waals surface area contributed by atoms with Gasteiger partial charge in [-0.2, -0.15) is 0 Å². The maximum absolute atomic E-state index is 14.0. The SMILES string of the molecule is NCC(Cc1ccc2c(c1)OCO2)c1c(F)cccc1Cl. The molecule has 1 unspecified atom stereocenters. The standard InChI is InChI=1S/C16H15ClFNO2/c17-12-2-1-3-13(18)16(12)11(8-19)6-10-4-5-14-15(7-10)21-9-20-14/h1-5,7,11H,6,8-9,19H2. The van der Waals surface area contributed by atoms with Gasteiger partial charge in [0.25, 0.3) is 0 Å². The molecule has 1 aliphatic rings. The van der Waals surface area contributed by atoms with Gasteiger partial charge in [-0.1, -0.05) is 23.7 Å². The van der Waals surface area contributed by atoms with Gasteiger partial charge >= 0.3 is 0 Å². The van der Waals surface area contributed by atoms with Crippen LogP contribution in [0, 0.1) is 5.82 Å². The van der Waals surface area contributed by atoms with Gasteiger partial charge in [0.1, 0.15) is 5.82 Å². The molecule has 0 bridgehead atoms. The first-order valence-corrected chi connectivity index (χ1v) is 7.09. The summed E-state index contributed by atoms with van der Waals surface area (Å²) in [5, 5.41) is 0.409. The van der Waals surface area contributed by atoms with E-state index in [1.807, 2.05) is 18.2 Å². The molecule has 0 spiro atoms. The Morgan fingerprint density at radius 3 is 2.76 bits per heavy atom. The van der Waals surface area contributed by atoms with Crippen LogP contribution in [0.4, 0.5) is 4.39 Å². The largest absolute Gasteiger partial charge is 0.454 e. The molecule has 1 heterocycles. The average molecular weight is 308 g/mol. The summed E-state index contributed by atoms with van der Waals surface area (Å²) in [5.41, 5.74) is 7.30. The van der Waals surface area contributed by atoms with Gasteiger partial charge in [-0.3, -0.25) is 0 Å². The number of nitrogens with two attached hydrogens (primary N) is 1. The van der Waals surface area contributed by atoms with Crippen molar-refractivity contribution in [1.82, 2.24) is 0 Å². The van der Waals surface area contributed by atoms with Crippen molar-refractivity contribution in [1.29, 1.82) is 0 Å². The van der Waals surface area contributed by atoms with Crippen LogP contribution < -0.4 is 15.2 Å². The fourth-order valence-corrected chi connectivity index (χ4v) is 2.87. The number of hydrogen-bond acceptors (Lipinski definition) is 3. The maximum atomic E-state index is 14.0. The number of halogens is 2. The predicted octanol–water partition coefficient (Wildman–Crippen LogP) is 3.49. The third-order valence-corrected chi connectivity index (χ3v) is 3.94. The van der Waals surface area contributed by atoms with Crippen molar-refractivity contribution in [3.05, 3.63) is 58.4 Å². The van der Waals surface area contributed by atoms with Crippen molar-refractivity contribution < 1.29 is 13.9 Å². The van der Waals surface area contributed by atoms with E-state index in [1.165, 1.54) is 6.07 Å². The molecule has 0 radical (unpaired) electrons. The average Bonchev–Trinajstić information content (AvgIpc) is 2.93. The topological polar surface area (TPSA) is 44.5 Å². The minimum absolute atomic E-state index is 0.181. The first-order valence-electron chi connectivity index (χ1n) is 6.71. The van der Waals surface area contributed by atoms with Crippen molar-refractivity contribution in [2.45, 2.75) is 12.3 Å². The minimum atomic E-state index is -0.321. The molecule has 0 fully saturated rings. The Bertz CT molecular complexity index is 642.